The van der Waals surface area contributed by atoms with E-state index in [2.05, 4.69) is 0 Å². The first-order valence-corrected chi connectivity index (χ1v) is 3.99. The van der Waals surface area contributed by atoms with Crippen molar-refractivity contribution in [3.05, 3.63) is 35.1 Å². The van der Waals surface area contributed by atoms with Gasteiger partial charge in [0.1, 0.15) is 5.82 Å². The van der Waals surface area contributed by atoms with Gasteiger partial charge in [0.2, 0.25) is 0 Å². The number of nitrogens with two attached hydrogens (primary N) is 1. The Morgan fingerprint density at radius 3 is 2.15 bits per heavy atom. The van der Waals surface area contributed by atoms with E-state index in [0.29, 0.717) is 12.5 Å². The largest absolute Gasteiger partial charge is 0.327 e. The molecule has 1 fully saturated rings. The van der Waals surface area contributed by atoms with Gasteiger partial charge in [-0.15, -0.1) is 0 Å². The normalized spacial score (nSPS) is 26.2. The summed E-state index contributed by atoms with van der Waals surface area (Å²) in [5.41, 5.74) is 5.66. The van der Waals surface area contributed by atoms with Crippen molar-refractivity contribution in [2.45, 2.75) is 18.4 Å². The van der Waals surface area contributed by atoms with Gasteiger partial charge in [0.05, 0.1) is 0 Å². The van der Waals surface area contributed by atoms with Gasteiger partial charge in [0.15, 0.2) is 11.6 Å². The molecule has 0 bridgehead atoms. The first kappa shape index (κ1) is 8.56. The summed E-state index contributed by atoms with van der Waals surface area (Å²) in [6.45, 7) is 0. The highest BCUT2D eigenvalue weighted by Gasteiger charge is 2.37. The Morgan fingerprint density at radius 1 is 1.08 bits per heavy atom. The summed E-state index contributed by atoms with van der Waals surface area (Å²) in [7, 11) is 0. The van der Waals surface area contributed by atoms with Gasteiger partial charge in [-0.25, -0.2) is 13.2 Å². The maximum Gasteiger partial charge on any atom is 0.161 e. The van der Waals surface area contributed by atoms with Gasteiger partial charge in [-0.3, -0.25) is 0 Å². The molecule has 1 aromatic carbocycles. The summed E-state index contributed by atoms with van der Waals surface area (Å²) in [6.07, 6.45) is 0.641. The van der Waals surface area contributed by atoms with Gasteiger partial charge in [-0.05, 0) is 18.1 Å². The number of halogens is 3. The van der Waals surface area contributed by atoms with E-state index in [0.717, 1.165) is 6.07 Å². The molecule has 13 heavy (non-hydrogen) atoms. The molecule has 1 aliphatic carbocycles. The first-order valence-electron chi connectivity index (χ1n) is 3.99. The molecule has 2 N–H and O–H groups in total. The molecule has 70 valence electrons. The quantitative estimate of drug-likeness (QED) is 0.668. The van der Waals surface area contributed by atoms with E-state index in [9.17, 15) is 13.2 Å². The van der Waals surface area contributed by atoms with Crippen LogP contribution in [0.2, 0.25) is 0 Å². The van der Waals surface area contributed by atoms with Crippen molar-refractivity contribution in [1.29, 1.82) is 0 Å². The van der Waals surface area contributed by atoms with Crippen molar-refractivity contribution < 1.29 is 13.2 Å². The van der Waals surface area contributed by atoms with Gasteiger partial charge in [0.25, 0.3) is 0 Å². The minimum absolute atomic E-state index is 0.112. The fourth-order valence-electron chi connectivity index (χ4n) is 1.39. The van der Waals surface area contributed by atoms with Gasteiger partial charge in [0, 0.05) is 18.0 Å². The van der Waals surface area contributed by atoms with Gasteiger partial charge >= 0.3 is 0 Å². The predicted molar refractivity (Wildman–Crippen MR) is 41.6 cm³/mol. The van der Waals surface area contributed by atoms with E-state index in [1.54, 1.807) is 0 Å². The van der Waals surface area contributed by atoms with E-state index in [1.165, 1.54) is 0 Å². The van der Waals surface area contributed by atoms with Crippen LogP contribution in [0.4, 0.5) is 13.2 Å². The molecule has 0 amide bonds. The highest BCUT2D eigenvalue weighted by Crippen LogP contribution is 2.40. The standard InChI is InChI=1S/C9H8F3N/c10-6-3-8(12)7(11)1-4(6)5-2-9(5)13/h1,3,5,9H,2,13H2/t5-,9+/m0/s1. The molecule has 0 spiro atoms. The average molecular weight is 187 g/mol. The molecule has 0 heterocycles. The average Bonchev–Trinajstić information content (AvgIpc) is 2.75. The van der Waals surface area contributed by atoms with E-state index in [4.69, 9.17) is 5.73 Å². The lowest BCUT2D eigenvalue weighted by atomic mass is 10.1. The lowest BCUT2D eigenvalue weighted by Crippen LogP contribution is -2.03. The van der Waals surface area contributed by atoms with Crippen molar-refractivity contribution in [3.8, 4) is 0 Å². The minimum atomic E-state index is -1.16. The second-order valence-corrected chi connectivity index (χ2v) is 3.29. The van der Waals surface area contributed by atoms with Crippen molar-refractivity contribution in [2.24, 2.45) is 5.73 Å². The lowest BCUT2D eigenvalue weighted by molar-refractivity contribution is 0.490. The SMILES string of the molecule is N[C@@H]1C[C@H]1c1cc(F)c(F)cc1F. The molecule has 4 heteroatoms. The highest BCUT2D eigenvalue weighted by molar-refractivity contribution is 5.30. The second kappa shape index (κ2) is 2.73. The summed E-state index contributed by atoms with van der Waals surface area (Å²) >= 11 is 0. The number of rotatable bonds is 1. The van der Waals surface area contributed by atoms with Crippen LogP contribution in [-0.2, 0) is 0 Å². The minimum Gasteiger partial charge on any atom is -0.327 e. The molecule has 1 aliphatic rings. The van der Waals surface area contributed by atoms with Gasteiger partial charge in [-0.1, -0.05) is 0 Å². The topological polar surface area (TPSA) is 26.0 Å². The fraction of sp³-hybridized carbons (Fsp3) is 0.333. The molecule has 0 unspecified atom stereocenters. The lowest BCUT2D eigenvalue weighted by Gasteiger charge is -2.01. The summed E-state index contributed by atoms with van der Waals surface area (Å²) in [5, 5.41) is 0. The summed E-state index contributed by atoms with van der Waals surface area (Å²) in [4.78, 5) is 0. The Bertz CT molecular complexity index is 351. The third-order valence-electron chi connectivity index (χ3n) is 2.28. The van der Waals surface area contributed by atoms with Crippen LogP contribution in [0.1, 0.15) is 17.9 Å². The molecule has 1 aromatic rings. The Balaban J connectivity index is 2.41. The third-order valence-corrected chi connectivity index (χ3v) is 2.28. The van der Waals surface area contributed by atoms with Crippen LogP contribution < -0.4 is 5.73 Å². The Labute approximate surface area is 73.4 Å². The summed E-state index contributed by atoms with van der Waals surface area (Å²) in [5.74, 6) is -3.03. The summed E-state index contributed by atoms with van der Waals surface area (Å²) in [6, 6.07) is 1.34. The van der Waals surface area contributed by atoms with Crippen LogP contribution in [0.3, 0.4) is 0 Å². The molecule has 0 radical (unpaired) electrons. The van der Waals surface area contributed by atoms with Crippen LogP contribution in [0.25, 0.3) is 0 Å². The van der Waals surface area contributed by atoms with Gasteiger partial charge < -0.3 is 5.73 Å². The van der Waals surface area contributed by atoms with Crippen molar-refractivity contribution >= 4 is 0 Å². The Kier molecular flexibility index (Phi) is 1.80. The maximum atomic E-state index is 13.0. The fourth-order valence-corrected chi connectivity index (χ4v) is 1.39. The van der Waals surface area contributed by atoms with Crippen LogP contribution in [0.5, 0.6) is 0 Å². The Hall–Kier alpha value is -1.03. The second-order valence-electron chi connectivity index (χ2n) is 3.29. The van der Waals surface area contributed by atoms with E-state index in [1.807, 2.05) is 0 Å². The smallest absolute Gasteiger partial charge is 0.161 e. The van der Waals surface area contributed by atoms with E-state index in [-0.39, 0.29) is 17.5 Å². The van der Waals surface area contributed by atoms with Crippen molar-refractivity contribution in [1.82, 2.24) is 0 Å². The number of hydrogen-bond donors (Lipinski definition) is 1. The van der Waals surface area contributed by atoms with Crippen molar-refractivity contribution in [2.75, 3.05) is 0 Å². The molecule has 0 saturated heterocycles. The monoisotopic (exact) mass is 187 g/mol. The van der Waals surface area contributed by atoms with Crippen LogP contribution >= 0.6 is 0 Å². The molecule has 2 atom stereocenters. The number of benzene rings is 1. The molecular formula is C9H8F3N. The zero-order chi connectivity index (χ0) is 9.59. The van der Waals surface area contributed by atoms with Crippen molar-refractivity contribution in [3.63, 3.8) is 0 Å². The third kappa shape index (κ3) is 1.42. The van der Waals surface area contributed by atoms with Crippen LogP contribution in [-0.4, -0.2) is 6.04 Å². The zero-order valence-corrected chi connectivity index (χ0v) is 6.73. The first-order chi connectivity index (χ1) is 6.09. The predicted octanol–water partition coefficient (Wildman–Crippen LogP) is 1.92. The van der Waals surface area contributed by atoms with Gasteiger partial charge in [-0.2, -0.15) is 0 Å². The molecule has 0 aromatic heterocycles. The molecular weight excluding hydrogens is 179 g/mol. The highest BCUT2D eigenvalue weighted by atomic mass is 19.2. The summed E-state index contributed by atoms with van der Waals surface area (Å²) < 4.78 is 38.2. The molecule has 0 aliphatic heterocycles. The molecule has 1 saturated carbocycles. The van der Waals surface area contributed by atoms with E-state index < -0.39 is 17.5 Å². The van der Waals surface area contributed by atoms with E-state index >= 15 is 0 Å². The zero-order valence-electron chi connectivity index (χ0n) is 6.73. The van der Waals surface area contributed by atoms with Crippen LogP contribution in [0, 0.1) is 17.5 Å². The molecule has 2 rings (SSSR count). The number of hydrogen-bond acceptors (Lipinski definition) is 1. The Morgan fingerprint density at radius 2 is 1.62 bits per heavy atom. The van der Waals surface area contributed by atoms with Crippen LogP contribution in [0.15, 0.2) is 12.1 Å². The maximum absolute atomic E-state index is 13.0. The molecule has 1 nitrogen and oxygen atoms in total.